The summed E-state index contributed by atoms with van der Waals surface area (Å²) in [5.41, 5.74) is 7.50. The molecule has 0 aliphatic carbocycles. The number of carbonyl (C=O) groups excluding carboxylic acids is 2. The fourth-order valence-corrected chi connectivity index (χ4v) is 2.00. The molecule has 28 heavy (non-hydrogen) atoms. The van der Waals surface area contributed by atoms with Gasteiger partial charge in [0.1, 0.15) is 12.4 Å². The second-order valence-corrected chi connectivity index (χ2v) is 4.95. The van der Waals surface area contributed by atoms with Crippen molar-refractivity contribution in [3.63, 3.8) is 0 Å². The van der Waals surface area contributed by atoms with Gasteiger partial charge in [-0.3, -0.25) is 4.79 Å². The van der Waals surface area contributed by atoms with Crippen molar-refractivity contribution in [1.82, 2.24) is 10.3 Å². The molecule has 0 unspecified atom stereocenters. The summed E-state index contributed by atoms with van der Waals surface area (Å²) >= 11 is 4.12. The number of carbonyl (C=O) groups is 2. The number of anilines is 1. The van der Waals surface area contributed by atoms with Gasteiger partial charge in [0, 0.05) is 25.4 Å². The first-order valence-electron chi connectivity index (χ1n) is 8.85. The summed E-state index contributed by atoms with van der Waals surface area (Å²) in [5, 5.41) is 13.9. The summed E-state index contributed by atoms with van der Waals surface area (Å²) in [4.78, 5) is 25.2. The van der Waals surface area contributed by atoms with Crippen molar-refractivity contribution in [3.8, 4) is 6.07 Å². The number of nitrogens with zero attached hydrogens (tertiary/aromatic N) is 2. The Hall–Kier alpha value is -3.05. The van der Waals surface area contributed by atoms with Crippen molar-refractivity contribution in [2.24, 2.45) is 5.73 Å². The van der Waals surface area contributed by atoms with Gasteiger partial charge in [0.25, 0.3) is 0 Å². The fourth-order valence-electron chi connectivity index (χ4n) is 1.70. The highest BCUT2D eigenvalue weighted by Gasteiger charge is 2.02. The lowest BCUT2D eigenvalue weighted by Gasteiger charge is -2.02. The highest BCUT2D eigenvalue weighted by Crippen LogP contribution is 2.20. The Morgan fingerprint density at radius 2 is 1.93 bits per heavy atom. The van der Waals surface area contributed by atoms with Crippen molar-refractivity contribution in [2.45, 2.75) is 39.1 Å². The first-order chi connectivity index (χ1) is 13.5. The van der Waals surface area contributed by atoms with Gasteiger partial charge >= 0.3 is 6.03 Å². The van der Waals surface area contributed by atoms with E-state index >= 15 is 0 Å². The number of thiol groups is 1. The number of nitrogens with two attached hydrogens (primary N) is 1. The van der Waals surface area contributed by atoms with E-state index in [0.717, 1.165) is 17.5 Å². The maximum absolute atomic E-state index is 10.4. The molecule has 0 aliphatic rings. The quantitative estimate of drug-likeness (QED) is 0.454. The van der Waals surface area contributed by atoms with E-state index in [1.165, 1.54) is 0 Å². The third-order valence-corrected chi connectivity index (χ3v) is 3.31. The van der Waals surface area contributed by atoms with Crippen LogP contribution in [0.25, 0.3) is 0 Å². The molecule has 2 amide bonds. The minimum atomic E-state index is -0.573. The maximum Gasteiger partial charge on any atom is 0.312 e. The van der Waals surface area contributed by atoms with E-state index in [1.54, 1.807) is 37.5 Å². The van der Waals surface area contributed by atoms with Gasteiger partial charge in [-0.25, -0.2) is 9.78 Å². The van der Waals surface area contributed by atoms with Gasteiger partial charge in [-0.15, -0.1) is 12.6 Å². The topological polar surface area (TPSA) is 121 Å². The molecule has 1 aromatic carbocycles. The van der Waals surface area contributed by atoms with Gasteiger partial charge in [-0.05, 0) is 17.7 Å². The van der Waals surface area contributed by atoms with Crippen LogP contribution in [0.5, 0.6) is 0 Å². The number of hydrogen-bond acceptors (Lipinski definition) is 6. The lowest BCUT2D eigenvalue weighted by molar-refractivity contribution is 0.112. The molecule has 152 valence electrons. The molecule has 0 fully saturated rings. The van der Waals surface area contributed by atoms with Crippen molar-refractivity contribution < 1.29 is 9.59 Å². The molecular formula is C20H29N5O2S. The van der Waals surface area contributed by atoms with Crippen LogP contribution in [0.2, 0.25) is 0 Å². The van der Waals surface area contributed by atoms with E-state index in [4.69, 9.17) is 11.0 Å². The number of hydrogen-bond donors (Lipinski definition) is 4. The van der Waals surface area contributed by atoms with E-state index in [1.807, 2.05) is 39.8 Å². The Morgan fingerprint density at radius 1 is 1.29 bits per heavy atom. The van der Waals surface area contributed by atoms with Crippen LogP contribution in [-0.2, 0) is 6.54 Å². The predicted molar refractivity (Wildman–Crippen MR) is 117 cm³/mol. The number of nitriles is 1. The summed E-state index contributed by atoms with van der Waals surface area (Å²) in [5.74, 6) is 0. The zero-order chi connectivity index (χ0) is 21.9. The van der Waals surface area contributed by atoms with Crippen LogP contribution < -0.4 is 16.4 Å². The molecule has 2 rings (SSSR count). The van der Waals surface area contributed by atoms with Crippen LogP contribution in [0, 0.1) is 11.3 Å². The Balaban J connectivity index is 0. The van der Waals surface area contributed by atoms with Crippen LogP contribution in [0.3, 0.4) is 0 Å². The number of amides is 2. The Labute approximate surface area is 172 Å². The Kier molecular flexibility index (Phi) is 16.9. The van der Waals surface area contributed by atoms with Crippen LogP contribution in [0.1, 0.15) is 49.3 Å². The third kappa shape index (κ3) is 10.8. The second kappa shape index (κ2) is 17.4. The highest BCUT2D eigenvalue weighted by atomic mass is 32.1. The first-order valence-corrected chi connectivity index (χ1v) is 9.29. The average Bonchev–Trinajstić information content (AvgIpc) is 2.76. The van der Waals surface area contributed by atoms with Crippen molar-refractivity contribution in [2.75, 3.05) is 12.4 Å². The molecule has 0 bridgehead atoms. The van der Waals surface area contributed by atoms with Gasteiger partial charge in [-0.1, -0.05) is 45.9 Å². The van der Waals surface area contributed by atoms with Crippen LogP contribution in [-0.4, -0.2) is 24.3 Å². The second-order valence-electron chi connectivity index (χ2n) is 4.50. The molecule has 0 atom stereocenters. The lowest BCUT2D eigenvalue weighted by atomic mass is 10.1. The number of primary amides is 1. The monoisotopic (exact) mass is 403 g/mol. The van der Waals surface area contributed by atoms with Gasteiger partial charge < -0.3 is 16.4 Å². The first kappa shape index (κ1) is 27.2. The van der Waals surface area contributed by atoms with Gasteiger partial charge in [0.05, 0.1) is 10.6 Å². The minimum absolute atomic E-state index is 0.344. The number of aldehydes is 1. The molecule has 1 heterocycles. The molecule has 0 spiro atoms. The Morgan fingerprint density at radius 3 is 2.43 bits per heavy atom. The van der Waals surface area contributed by atoms with Crippen molar-refractivity contribution >= 4 is 30.6 Å². The molecular weight excluding hydrogens is 374 g/mol. The highest BCUT2D eigenvalue weighted by molar-refractivity contribution is 7.80. The van der Waals surface area contributed by atoms with Gasteiger partial charge in [0.15, 0.2) is 5.69 Å². The third-order valence-electron chi connectivity index (χ3n) is 2.85. The van der Waals surface area contributed by atoms with Crippen molar-refractivity contribution in [3.05, 3.63) is 53.3 Å². The summed E-state index contributed by atoms with van der Waals surface area (Å²) in [6, 6.07) is 10.1. The Bertz CT molecular complexity index is 761. The molecule has 0 saturated carbocycles. The molecule has 0 radical (unpaired) electrons. The van der Waals surface area contributed by atoms with Crippen molar-refractivity contribution in [1.29, 1.82) is 5.26 Å². The van der Waals surface area contributed by atoms with Crippen LogP contribution in [0.15, 0.2) is 41.4 Å². The molecule has 4 N–H and O–H groups in total. The van der Waals surface area contributed by atoms with Crippen LogP contribution in [0.4, 0.5) is 10.5 Å². The smallest absolute Gasteiger partial charge is 0.312 e. The van der Waals surface area contributed by atoms with Gasteiger partial charge in [-0.2, -0.15) is 5.26 Å². The summed E-state index contributed by atoms with van der Waals surface area (Å²) < 4.78 is 0. The number of aromatic nitrogens is 1. The number of urea groups is 1. The average molecular weight is 404 g/mol. The largest absolute Gasteiger partial charge is 0.387 e. The predicted octanol–water partition coefficient (Wildman–Crippen LogP) is 4.00. The molecule has 0 aliphatic heterocycles. The lowest BCUT2D eigenvalue weighted by Crippen LogP contribution is -2.28. The zero-order valence-electron chi connectivity index (χ0n) is 17.0. The summed E-state index contributed by atoms with van der Waals surface area (Å²) in [6.45, 7) is 8.34. The van der Waals surface area contributed by atoms with E-state index in [2.05, 4.69) is 28.2 Å². The fraction of sp³-hybridized carbons (Fsp3) is 0.300. The SMILES string of the molecule is CC.CC.CNc1ccnc(C#N)c1S.NC(=O)NCc1cccc(C=O)c1. The molecule has 2 aromatic rings. The zero-order valence-corrected chi connectivity index (χ0v) is 17.9. The summed E-state index contributed by atoms with van der Waals surface area (Å²) in [6.07, 6.45) is 2.33. The van der Waals surface area contributed by atoms with E-state index in [9.17, 15) is 9.59 Å². The molecule has 0 saturated heterocycles. The van der Waals surface area contributed by atoms with E-state index in [-0.39, 0.29) is 0 Å². The van der Waals surface area contributed by atoms with Crippen LogP contribution >= 0.6 is 12.6 Å². The summed E-state index contributed by atoms with van der Waals surface area (Å²) in [7, 11) is 1.77. The number of benzene rings is 1. The minimum Gasteiger partial charge on any atom is -0.387 e. The van der Waals surface area contributed by atoms with Gasteiger partial charge in [0.2, 0.25) is 0 Å². The standard InChI is InChI=1S/C9H10N2O2.C7H7N3S.2C2H6/c10-9(13)11-5-7-2-1-3-8(4-7)6-12;1-9-5-2-3-10-6(4-8)7(5)11;2*1-2/h1-4,6H,5H2,(H3,10,11,13);2-3,11H,1H3,(H,9,10);2*1-2H3. The number of nitrogens with one attached hydrogen (secondary N) is 2. The molecule has 7 nitrogen and oxygen atoms in total. The number of pyridine rings is 1. The molecule has 1 aromatic heterocycles. The normalized spacial score (nSPS) is 8.18. The molecule has 8 heteroatoms. The maximum atomic E-state index is 10.4. The van der Waals surface area contributed by atoms with E-state index < -0.39 is 6.03 Å². The number of rotatable bonds is 4. The van der Waals surface area contributed by atoms with E-state index in [0.29, 0.717) is 22.7 Å².